The van der Waals surface area contributed by atoms with Gasteiger partial charge in [-0.15, -0.1) is 0 Å². The molecule has 0 fully saturated rings. The molecule has 1 rings (SSSR count). The summed E-state index contributed by atoms with van der Waals surface area (Å²) < 4.78 is 0. The molecule has 1 nitrogen and oxygen atoms in total. The maximum Gasteiger partial charge on any atom is 0.471 e. The second kappa shape index (κ2) is 5.61. The lowest BCUT2D eigenvalue weighted by Gasteiger charge is -2.14. The maximum atomic E-state index is 9.93. The van der Waals surface area contributed by atoms with Crippen LogP contribution in [0, 0.1) is 0 Å². The fourth-order valence-corrected chi connectivity index (χ4v) is 1.51. The summed E-state index contributed by atoms with van der Waals surface area (Å²) >= 11 is 0. The first-order chi connectivity index (χ1) is 6.04. The molecule has 0 atom stereocenters. The molecule has 0 bridgehead atoms. The van der Waals surface area contributed by atoms with Crippen molar-refractivity contribution in [3.63, 3.8) is 0 Å². The minimum atomic E-state index is 0. The van der Waals surface area contributed by atoms with E-state index in [2.05, 4.69) is 27.7 Å². The van der Waals surface area contributed by atoms with Crippen molar-refractivity contribution in [2.24, 2.45) is 0 Å². The van der Waals surface area contributed by atoms with Gasteiger partial charge in [0.1, 0.15) is 5.75 Å². The van der Waals surface area contributed by atoms with Gasteiger partial charge in [-0.1, -0.05) is 45.9 Å². The summed E-state index contributed by atoms with van der Waals surface area (Å²) in [4.78, 5) is 0. The number of aromatic hydroxyl groups is 1. The average molecular weight is 206 g/mol. The van der Waals surface area contributed by atoms with Gasteiger partial charge >= 0.3 is 23.1 Å². The number of hydrogen-bond acceptors (Lipinski definition) is 1. The van der Waals surface area contributed by atoms with Crippen LogP contribution in [0.4, 0.5) is 0 Å². The lowest BCUT2D eigenvalue weighted by Crippen LogP contribution is -1.94. The van der Waals surface area contributed by atoms with Crippen molar-refractivity contribution < 1.29 is 5.11 Å². The molecule has 0 aliphatic rings. The van der Waals surface area contributed by atoms with Gasteiger partial charge in [0.15, 0.2) is 0 Å². The first kappa shape index (κ1) is 13.8. The van der Waals surface area contributed by atoms with Crippen LogP contribution in [-0.4, -0.2) is 28.2 Å². The number of rotatable bonds is 2. The predicted molar refractivity (Wildman–Crippen MR) is 66.2 cm³/mol. The zero-order valence-corrected chi connectivity index (χ0v) is 8.83. The van der Waals surface area contributed by atoms with Crippen molar-refractivity contribution in [1.29, 1.82) is 0 Å². The molecule has 14 heavy (non-hydrogen) atoms. The van der Waals surface area contributed by atoms with Crippen LogP contribution in [0.25, 0.3) is 0 Å². The van der Waals surface area contributed by atoms with Crippen LogP contribution in [0.3, 0.4) is 0 Å². The maximum absolute atomic E-state index is 9.93. The third-order valence-corrected chi connectivity index (χ3v) is 2.34. The SMILES string of the molecule is CC(C)c1cccc(C(C)C)c1O.[MgH3]. The summed E-state index contributed by atoms with van der Waals surface area (Å²) in [7, 11) is 0. The van der Waals surface area contributed by atoms with Crippen LogP contribution in [0.5, 0.6) is 5.75 Å². The van der Waals surface area contributed by atoms with Crippen molar-refractivity contribution in [2.45, 2.75) is 39.5 Å². The van der Waals surface area contributed by atoms with E-state index in [0.29, 0.717) is 17.6 Å². The molecular weight excluding hydrogens is 184 g/mol. The van der Waals surface area contributed by atoms with Crippen molar-refractivity contribution in [3.05, 3.63) is 29.3 Å². The summed E-state index contributed by atoms with van der Waals surface area (Å²) in [5.74, 6) is 1.25. The highest BCUT2D eigenvalue weighted by Gasteiger charge is 2.11. The third kappa shape index (κ3) is 2.89. The van der Waals surface area contributed by atoms with E-state index in [4.69, 9.17) is 0 Å². The van der Waals surface area contributed by atoms with Gasteiger partial charge in [0.05, 0.1) is 0 Å². The monoisotopic (exact) mass is 205 g/mol. The van der Waals surface area contributed by atoms with Crippen LogP contribution >= 0.6 is 0 Å². The number of benzene rings is 1. The Bertz CT molecular complexity index is 266. The molecule has 3 radical (unpaired) electrons. The number of phenols is 1. The fraction of sp³-hybridized carbons (Fsp3) is 0.500. The van der Waals surface area contributed by atoms with Gasteiger partial charge < -0.3 is 5.11 Å². The van der Waals surface area contributed by atoms with Crippen LogP contribution in [0.1, 0.15) is 50.7 Å². The van der Waals surface area contributed by atoms with Gasteiger partial charge in [-0.25, -0.2) is 0 Å². The van der Waals surface area contributed by atoms with E-state index in [0.717, 1.165) is 11.1 Å². The van der Waals surface area contributed by atoms with E-state index in [1.54, 1.807) is 0 Å². The van der Waals surface area contributed by atoms with Crippen molar-refractivity contribution in [3.8, 4) is 5.75 Å². The molecule has 0 aliphatic carbocycles. The van der Waals surface area contributed by atoms with E-state index in [1.165, 1.54) is 0 Å². The zero-order valence-electron chi connectivity index (χ0n) is 8.83. The Morgan fingerprint density at radius 2 is 1.29 bits per heavy atom. The summed E-state index contributed by atoms with van der Waals surface area (Å²) in [6.07, 6.45) is 0. The molecule has 0 aromatic heterocycles. The summed E-state index contributed by atoms with van der Waals surface area (Å²) in [6.45, 7) is 8.39. The molecule has 0 saturated carbocycles. The average Bonchev–Trinajstić information content (AvgIpc) is 2.03. The minimum absolute atomic E-state index is 0. The van der Waals surface area contributed by atoms with Gasteiger partial charge in [-0.2, -0.15) is 0 Å². The van der Waals surface area contributed by atoms with Gasteiger partial charge in [-0.05, 0) is 23.0 Å². The molecule has 77 valence electrons. The lowest BCUT2D eigenvalue weighted by molar-refractivity contribution is 0.454. The van der Waals surface area contributed by atoms with E-state index in [9.17, 15) is 5.11 Å². The van der Waals surface area contributed by atoms with Crippen molar-refractivity contribution in [1.82, 2.24) is 0 Å². The van der Waals surface area contributed by atoms with Gasteiger partial charge in [0.25, 0.3) is 0 Å². The lowest BCUT2D eigenvalue weighted by atomic mass is 9.94. The van der Waals surface area contributed by atoms with Gasteiger partial charge in [0, 0.05) is 0 Å². The molecule has 0 spiro atoms. The third-order valence-electron chi connectivity index (χ3n) is 2.34. The molecule has 1 aromatic carbocycles. The van der Waals surface area contributed by atoms with Crippen LogP contribution in [-0.2, 0) is 0 Å². The smallest absolute Gasteiger partial charge is 0.471 e. The summed E-state index contributed by atoms with van der Waals surface area (Å²) in [6, 6.07) is 6.00. The fourth-order valence-electron chi connectivity index (χ4n) is 1.51. The Labute approximate surface area is 103 Å². The van der Waals surface area contributed by atoms with E-state index in [1.807, 2.05) is 18.2 Å². The first-order valence-corrected chi connectivity index (χ1v) is 4.85. The van der Waals surface area contributed by atoms with Gasteiger partial charge in [-0.3, -0.25) is 0 Å². The van der Waals surface area contributed by atoms with Crippen molar-refractivity contribution in [2.75, 3.05) is 0 Å². The zero-order chi connectivity index (χ0) is 10.0. The molecule has 0 saturated heterocycles. The largest absolute Gasteiger partial charge is 0.507 e. The number of phenolic OH excluding ortho intramolecular Hbond substituents is 1. The summed E-state index contributed by atoms with van der Waals surface area (Å²) in [5, 5.41) is 9.93. The van der Waals surface area contributed by atoms with Crippen molar-refractivity contribution >= 4 is 23.1 Å². The second-order valence-electron chi connectivity index (χ2n) is 4.09. The molecule has 0 amide bonds. The standard InChI is InChI=1S/C12H18O.Mg.3H/c1-8(2)10-6-5-7-11(9(3)4)12(10)13;;;;/h5-9,13H,1-4H3;;;;. The first-order valence-electron chi connectivity index (χ1n) is 4.85. The molecule has 0 heterocycles. The van der Waals surface area contributed by atoms with E-state index < -0.39 is 0 Å². The Kier molecular flexibility index (Phi) is 5.53. The highest BCUT2D eigenvalue weighted by atomic mass is 24.3. The van der Waals surface area contributed by atoms with Gasteiger partial charge in [0.2, 0.25) is 0 Å². The Hall–Kier alpha value is -0.214. The quantitative estimate of drug-likeness (QED) is 0.736. The Balaban J connectivity index is 0.00000169. The predicted octanol–water partition coefficient (Wildman–Crippen LogP) is 2.46. The number of para-hydroxylation sites is 1. The van der Waals surface area contributed by atoms with Crippen LogP contribution in [0.15, 0.2) is 18.2 Å². The Morgan fingerprint density at radius 1 is 0.929 bits per heavy atom. The molecular formula is C12H21MgO. The molecule has 1 aromatic rings. The molecule has 2 heteroatoms. The highest BCUT2D eigenvalue weighted by Crippen LogP contribution is 2.32. The minimum Gasteiger partial charge on any atom is -0.507 e. The second-order valence-corrected chi connectivity index (χ2v) is 4.09. The molecule has 1 N–H and O–H groups in total. The summed E-state index contributed by atoms with van der Waals surface area (Å²) in [5.41, 5.74) is 2.09. The Morgan fingerprint density at radius 3 is 1.57 bits per heavy atom. The topological polar surface area (TPSA) is 20.2 Å². The molecule has 0 aliphatic heterocycles. The molecule has 0 unspecified atom stereocenters. The van der Waals surface area contributed by atoms with Crippen LogP contribution < -0.4 is 0 Å². The number of hydrogen-bond donors (Lipinski definition) is 1. The highest BCUT2D eigenvalue weighted by molar-refractivity contribution is 5.75. The van der Waals surface area contributed by atoms with E-state index >= 15 is 0 Å². The van der Waals surface area contributed by atoms with Crippen LogP contribution in [0.2, 0.25) is 0 Å². The normalized spacial score (nSPS) is 10.4. The van der Waals surface area contributed by atoms with E-state index in [-0.39, 0.29) is 23.1 Å².